The number of hydrogen-bond acceptors (Lipinski definition) is 4. The monoisotopic (exact) mass is 412 g/mol. The normalized spacial score (nSPS) is 35.8. The molecule has 1 N–H and O–H groups in total. The fraction of sp³-hybridized carbons (Fsp3) is 0.417. The number of Topliss-reactive ketones (excluding diaryl/α,β-unsaturated/α-hetero) is 2. The Morgan fingerprint density at radius 3 is 1.93 bits per heavy atom. The fourth-order valence-corrected chi connectivity index (χ4v) is 5.62. The molecule has 1 saturated heterocycles. The van der Waals surface area contributed by atoms with E-state index in [0.717, 1.165) is 5.56 Å². The molecule has 2 aromatic rings. The van der Waals surface area contributed by atoms with Gasteiger partial charge in [0.15, 0.2) is 0 Å². The summed E-state index contributed by atoms with van der Waals surface area (Å²) in [6, 6.07) is 11.8. The lowest BCUT2D eigenvalue weighted by atomic mass is 9.65. The average Bonchev–Trinajstić information content (AvgIpc) is 3.12. The molecule has 3 aliphatic rings. The van der Waals surface area contributed by atoms with Crippen LogP contribution >= 0.6 is 0 Å². The second-order valence-corrected chi connectivity index (χ2v) is 8.68. The number of aliphatic hydroxyl groups is 1. The summed E-state index contributed by atoms with van der Waals surface area (Å²) in [5, 5.41) is 11.1. The third-order valence-electron chi connectivity index (χ3n) is 7.00. The number of carbonyl (C=O) groups is 2. The topological polar surface area (TPSA) is 63.6 Å². The molecule has 1 heterocycles. The highest BCUT2D eigenvalue weighted by Gasteiger charge is 2.58. The van der Waals surface area contributed by atoms with Gasteiger partial charge in [-0.05, 0) is 35.4 Å². The second kappa shape index (κ2) is 7.36. The van der Waals surface area contributed by atoms with E-state index in [1.54, 1.807) is 24.3 Å². The summed E-state index contributed by atoms with van der Waals surface area (Å²) in [5.41, 5.74) is 1.50. The standard InChI is InChI=1S/C24H22F2O4/c25-14-5-1-12(2-6-14)17-11-20(28)21-19-10-16(27)9-18(13-3-7-15(26)8-4-13)23(19)30-24(21)22(17)29/h1-8,17-19,21-24,29H,9-11H2/t17-,18-,19-,21+,22-,23-,24+/m0/s1. The molecule has 0 radical (unpaired) electrons. The first-order chi connectivity index (χ1) is 14.4. The SMILES string of the molecule is O=C1C[C@@H]2[C@@H](O[C@H]3[C@@H](O)[C@H](c4ccc(F)cc4)CC(=O)[C@@H]23)[C@H](c2ccc(F)cc2)C1. The van der Waals surface area contributed by atoms with Gasteiger partial charge in [-0.3, -0.25) is 9.59 Å². The molecule has 7 atom stereocenters. The molecule has 3 fully saturated rings. The fourth-order valence-electron chi connectivity index (χ4n) is 5.62. The lowest BCUT2D eigenvalue weighted by Crippen LogP contribution is -2.47. The number of benzene rings is 2. The molecule has 1 aliphatic heterocycles. The van der Waals surface area contributed by atoms with Crippen molar-refractivity contribution in [3.05, 3.63) is 71.3 Å². The lowest BCUT2D eigenvalue weighted by Gasteiger charge is -2.36. The highest BCUT2D eigenvalue weighted by molar-refractivity contribution is 5.87. The van der Waals surface area contributed by atoms with Crippen LogP contribution in [-0.2, 0) is 14.3 Å². The van der Waals surface area contributed by atoms with Crippen LogP contribution in [-0.4, -0.2) is 35.0 Å². The summed E-state index contributed by atoms with van der Waals surface area (Å²) in [4.78, 5) is 25.6. The summed E-state index contributed by atoms with van der Waals surface area (Å²) >= 11 is 0. The van der Waals surface area contributed by atoms with Gasteiger partial charge in [0.2, 0.25) is 0 Å². The largest absolute Gasteiger partial charge is 0.390 e. The van der Waals surface area contributed by atoms with E-state index in [9.17, 15) is 23.5 Å². The first-order valence-electron chi connectivity index (χ1n) is 10.3. The van der Waals surface area contributed by atoms with Crippen LogP contribution < -0.4 is 0 Å². The Morgan fingerprint density at radius 1 is 0.767 bits per heavy atom. The molecular weight excluding hydrogens is 390 g/mol. The Morgan fingerprint density at radius 2 is 1.33 bits per heavy atom. The van der Waals surface area contributed by atoms with Gasteiger partial charge in [0.05, 0.1) is 24.2 Å². The highest BCUT2D eigenvalue weighted by Crippen LogP contribution is 2.52. The van der Waals surface area contributed by atoms with Gasteiger partial charge in [0.1, 0.15) is 23.2 Å². The van der Waals surface area contributed by atoms with Gasteiger partial charge in [0.25, 0.3) is 0 Å². The molecule has 2 saturated carbocycles. The number of ether oxygens (including phenoxy) is 1. The van der Waals surface area contributed by atoms with Crippen molar-refractivity contribution in [1.29, 1.82) is 0 Å². The zero-order chi connectivity index (χ0) is 21.0. The van der Waals surface area contributed by atoms with Gasteiger partial charge in [0, 0.05) is 37.0 Å². The smallest absolute Gasteiger partial charge is 0.139 e. The van der Waals surface area contributed by atoms with E-state index >= 15 is 0 Å². The molecule has 5 rings (SSSR count). The summed E-state index contributed by atoms with van der Waals surface area (Å²) < 4.78 is 33.0. The number of hydrogen-bond donors (Lipinski definition) is 1. The predicted octanol–water partition coefficient (Wildman–Crippen LogP) is 3.53. The first kappa shape index (κ1) is 19.5. The Labute approximate surface area is 172 Å². The summed E-state index contributed by atoms with van der Waals surface area (Å²) in [7, 11) is 0. The van der Waals surface area contributed by atoms with Gasteiger partial charge in [-0.2, -0.15) is 0 Å². The predicted molar refractivity (Wildman–Crippen MR) is 104 cm³/mol. The maximum atomic E-state index is 13.4. The molecule has 0 bridgehead atoms. The number of fused-ring (bicyclic) bond motifs is 3. The van der Waals surface area contributed by atoms with E-state index in [4.69, 9.17) is 4.74 Å². The van der Waals surface area contributed by atoms with Crippen molar-refractivity contribution in [3.8, 4) is 0 Å². The Hall–Kier alpha value is -2.44. The molecule has 2 aromatic carbocycles. The quantitative estimate of drug-likeness (QED) is 0.820. The summed E-state index contributed by atoms with van der Waals surface area (Å²) in [6.07, 6.45) is -1.34. The lowest BCUT2D eigenvalue weighted by molar-refractivity contribution is -0.137. The Balaban J connectivity index is 1.46. The molecule has 0 spiro atoms. The van der Waals surface area contributed by atoms with Crippen molar-refractivity contribution in [1.82, 2.24) is 0 Å². The van der Waals surface area contributed by atoms with Crippen molar-refractivity contribution in [2.45, 2.75) is 49.4 Å². The third kappa shape index (κ3) is 3.19. The van der Waals surface area contributed by atoms with E-state index < -0.39 is 24.0 Å². The van der Waals surface area contributed by atoms with E-state index in [1.807, 2.05) is 0 Å². The number of carbonyl (C=O) groups excluding carboxylic acids is 2. The molecule has 6 heteroatoms. The zero-order valence-corrected chi connectivity index (χ0v) is 16.2. The van der Waals surface area contributed by atoms with Crippen LogP contribution in [0.5, 0.6) is 0 Å². The van der Waals surface area contributed by atoms with E-state index in [2.05, 4.69) is 0 Å². The zero-order valence-electron chi connectivity index (χ0n) is 16.2. The molecule has 0 unspecified atom stereocenters. The molecule has 4 nitrogen and oxygen atoms in total. The number of halogens is 2. The second-order valence-electron chi connectivity index (χ2n) is 8.68. The summed E-state index contributed by atoms with van der Waals surface area (Å²) in [5.74, 6) is -2.27. The van der Waals surface area contributed by atoms with Crippen molar-refractivity contribution in [3.63, 3.8) is 0 Å². The molecule has 2 aliphatic carbocycles. The Bertz CT molecular complexity index is 972. The van der Waals surface area contributed by atoms with E-state index in [1.165, 1.54) is 24.3 Å². The van der Waals surface area contributed by atoms with Gasteiger partial charge >= 0.3 is 0 Å². The minimum atomic E-state index is -0.923. The number of rotatable bonds is 2. The summed E-state index contributed by atoms with van der Waals surface area (Å²) in [6.45, 7) is 0. The van der Waals surface area contributed by atoms with E-state index in [0.29, 0.717) is 5.56 Å². The van der Waals surface area contributed by atoms with Gasteiger partial charge < -0.3 is 9.84 Å². The molecule has 0 amide bonds. The van der Waals surface area contributed by atoms with Crippen molar-refractivity contribution in [2.75, 3.05) is 0 Å². The van der Waals surface area contributed by atoms with Crippen LogP contribution in [0.1, 0.15) is 42.2 Å². The molecule has 30 heavy (non-hydrogen) atoms. The minimum absolute atomic E-state index is 0.0281. The van der Waals surface area contributed by atoms with Gasteiger partial charge in [-0.25, -0.2) is 8.78 Å². The van der Waals surface area contributed by atoms with Crippen molar-refractivity contribution in [2.24, 2.45) is 11.8 Å². The highest BCUT2D eigenvalue weighted by atomic mass is 19.1. The van der Waals surface area contributed by atoms with Crippen molar-refractivity contribution >= 4 is 11.6 Å². The maximum Gasteiger partial charge on any atom is 0.139 e. The van der Waals surface area contributed by atoms with Crippen LogP contribution in [0, 0.1) is 23.5 Å². The van der Waals surface area contributed by atoms with Crippen LogP contribution in [0.4, 0.5) is 8.78 Å². The Kier molecular flexibility index (Phi) is 4.79. The van der Waals surface area contributed by atoms with Gasteiger partial charge in [-0.15, -0.1) is 0 Å². The number of ketones is 2. The van der Waals surface area contributed by atoms with Crippen LogP contribution in [0.15, 0.2) is 48.5 Å². The molecular formula is C24H22F2O4. The average molecular weight is 412 g/mol. The van der Waals surface area contributed by atoms with Crippen molar-refractivity contribution < 1.29 is 28.2 Å². The molecule has 156 valence electrons. The van der Waals surface area contributed by atoms with Crippen LogP contribution in [0.3, 0.4) is 0 Å². The number of aliphatic hydroxyl groups excluding tert-OH is 1. The molecule has 0 aromatic heterocycles. The third-order valence-corrected chi connectivity index (χ3v) is 7.00. The maximum absolute atomic E-state index is 13.4. The first-order valence-corrected chi connectivity index (χ1v) is 10.3. The van der Waals surface area contributed by atoms with E-state index in [-0.39, 0.29) is 60.4 Å². The minimum Gasteiger partial charge on any atom is -0.390 e. The van der Waals surface area contributed by atoms with Crippen LogP contribution in [0.2, 0.25) is 0 Å². The van der Waals surface area contributed by atoms with Crippen LogP contribution in [0.25, 0.3) is 0 Å². The van der Waals surface area contributed by atoms with Gasteiger partial charge in [-0.1, -0.05) is 24.3 Å².